The molecule has 124 valence electrons. The van der Waals surface area contributed by atoms with E-state index in [0.717, 1.165) is 4.90 Å². The minimum absolute atomic E-state index is 0.179. The van der Waals surface area contributed by atoms with Gasteiger partial charge in [0.1, 0.15) is 5.82 Å². The largest absolute Gasteiger partial charge is 0.481 e. The highest BCUT2D eigenvalue weighted by atomic mass is 19.1. The van der Waals surface area contributed by atoms with E-state index in [1.165, 1.54) is 25.1 Å². The monoisotopic (exact) mass is 325 g/mol. The third-order valence-electron chi connectivity index (χ3n) is 4.27. The minimum atomic E-state index is -1.38. The lowest BCUT2D eigenvalue weighted by Crippen LogP contribution is -2.52. The van der Waals surface area contributed by atoms with Crippen LogP contribution < -0.4 is 0 Å². The Morgan fingerprint density at radius 1 is 1.09 bits per heavy atom. The molecule has 1 aromatic rings. The van der Waals surface area contributed by atoms with Gasteiger partial charge in [0.15, 0.2) is 0 Å². The van der Waals surface area contributed by atoms with Crippen molar-refractivity contribution in [2.75, 3.05) is 13.1 Å². The molecule has 2 unspecified atom stereocenters. The number of aliphatic carboxylic acids is 2. The zero-order valence-electron chi connectivity index (χ0n) is 12.3. The zero-order valence-corrected chi connectivity index (χ0v) is 12.3. The Kier molecular flexibility index (Phi) is 4.53. The van der Waals surface area contributed by atoms with Crippen LogP contribution in [0.15, 0.2) is 18.2 Å². The normalized spacial score (nSPS) is 24.3. The van der Waals surface area contributed by atoms with Crippen LogP contribution in [0.1, 0.15) is 17.0 Å². The van der Waals surface area contributed by atoms with Crippen molar-refractivity contribution in [3.63, 3.8) is 0 Å². The molecule has 0 radical (unpaired) electrons. The van der Waals surface area contributed by atoms with Crippen molar-refractivity contribution in [3.8, 4) is 0 Å². The Balaban J connectivity index is 2.55. The molecule has 1 fully saturated rings. The number of likely N-dealkylation sites (tertiary alicyclic amines) is 1. The lowest BCUT2D eigenvalue weighted by atomic mass is 9.72. The van der Waals surface area contributed by atoms with E-state index < -0.39 is 41.6 Å². The second kappa shape index (κ2) is 6.23. The molecular formula is C15H16FNO6. The number of hydrogen-bond acceptors (Lipinski definition) is 3. The predicted molar refractivity (Wildman–Crippen MR) is 75.7 cm³/mol. The van der Waals surface area contributed by atoms with Crippen LogP contribution in [0.5, 0.6) is 0 Å². The summed E-state index contributed by atoms with van der Waals surface area (Å²) in [5, 5.41) is 27.9. The van der Waals surface area contributed by atoms with Gasteiger partial charge in [0, 0.05) is 19.0 Å². The number of halogens is 1. The Labute approximate surface area is 131 Å². The fourth-order valence-electron chi connectivity index (χ4n) is 3.10. The molecular weight excluding hydrogens is 309 g/mol. The van der Waals surface area contributed by atoms with Gasteiger partial charge in [-0.1, -0.05) is 12.1 Å². The van der Waals surface area contributed by atoms with E-state index in [4.69, 9.17) is 5.11 Å². The number of carboxylic acid groups (broad SMARTS) is 3. The van der Waals surface area contributed by atoms with Crippen molar-refractivity contribution in [1.82, 2.24) is 4.90 Å². The average Bonchev–Trinajstić information content (AvgIpc) is 2.48. The number of carboxylic acids is 2. The average molecular weight is 325 g/mol. The van der Waals surface area contributed by atoms with Gasteiger partial charge in [0.25, 0.3) is 0 Å². The van der Waals surface area contributed by atoms with Crippen LogP contribution in [0.3, 0.4) is 0 Å². The van der Waals surface area contributed by atoms with Gasteiger partial charge in [0.2, 0.25) is 0 Å². The van der Waals surface area contributed by atoms with Gasteiger partial charge in [-0.05, 0) is 24.1 Å². The van der Waals surface area contributed by atoms with Gasteiger partial charge in [-0.2, -0.15) is 0 Å². The quantitative estimate of drug-likeness (QED) is 0.778. The molecule has 0 aromatic heterocycles. The van der Waals surface area contributed by atoms with Gasteiger partial charge >= 0.3 is 18.0 Å². The third kappa shape index (κ3) is 3.10. The van der Waals surface area contributed by atoms with Gasteiger partial charge in [-0.25, -0.2) is 9.18 Å². The van der Waals surface area contributed by atoms with E-state index in [0.29, 0.717) is 0 Å². The summed E-state index contributed by atoms with van der Waals surface area (Å²) in [5.41, 5.74) is 0.466. The van der Waals surface area contributed by atoms with Crippen LogP contribution in [-0.4, -0.2) is 51.3 Å². The number of hydrogen-bond donors (Lipinski definition) is 3. The van der Waals surface area contributed by atoms with Crippen molar-refractivity contribution >= 4 is 18.0 Å². The predicted octanol–water partition coefficient (Wildman–Crippen LogP) is 1.61. The Hall–Kier alpha value is -2.64. The standard InChI is InChI=1S/C15H16FNO6/c1-7-8(3-2-4-11(7)16)12-9(13(18)19)5-17(15(22)23)6-10(12)14(20)21/h2-4,9-10,12H,5-6H2,1H3,(H,18,19)(H,20,21)(H,22,23). The molecule has 7 nitrogen and oxygen atoms in total. The lowest BCUT2D eigenvalue weighted by molar-refractivity contribution is -0.150. The number of rotatable bonds is 3. The number of nitrogens with zero attached hydrogens (tertiary/aromatic N) is 1. The highest BCUT2D eigenvalue weighted by Crippen LogP contribution is 2.39. The summed E-state index contributed by atoms with van der Waals surface area (Å²) in [4.78, 5) is 35.0. The molecule has 0 spiro atoms. The van der Waals surface area contributed by atoms with Crippen LogP contribution in [0, 0.1) is 24.6 Å². The molecule has 1 aliphatic heterocycles. The summed E-state index contributed by atoms with van der Waals surface area (Å²) in [6.45, 7) is 0.774. The summed E-state index contributed by atoms with van der Waals surface area (Å²) in [7, 11) is 0. The molecule has 1 saturated heterocycles. The second-order valence-corrected chi connectivity index (χ2v) is 5.56. The Morgan fingerprint density at radius 2 is 1.61 bits per heavy atom. The molecule has 2 atom stereocenters. The fraction of sp³-hybridized carbons (Fsp3) is 0.400. The molecule has 0 bridgehead atoms. The first-order valence-electron chi connectivity index (χ1n) is 6.92. The molecule has 1 aromatic carbocycles. The molecule has 0 saturated carbocycles. The Morgan fingerprint density at radius 3 is 2.04 bits per heavy atom. The first-order valence-corrected chi connectivity index (χ1v) is 6.92. The fourth-order valence-corrected chi connectivity index (χ4v) is 3.10. The van der Waals surface area contributed by atoms with Crippen molar-refractivity contribution < 1.29 is 34.1 Å². The van der Waals surface area contributed by atoms with Crippen molar-refractivity contribution in [1.29, 1.82) is 0 Å². The number of piperidine rings is 1. The highest BCUT2D eigenvalue weighted by Gasteiger charge is 2.46. The Bertz CT molecular complexity index is 637. The van der Waals surface area contributed by atoms with E-state index in [1.54, 1.807) is 0 Å². The van der Waals surface area contributed by atoms with Gasteiger partial charge in [-0.3, -0.25) is 9.59 Å². The lowest BCUT2D eigenvalue weighted by Gasteiger charge is -2.40. The van der Waals surface area contributed by atoms with Crippen molar-refractivity contribution in [3.05, 3.63) is 35.1 Å². The molecule has 2 rings (SSSR count). The highest BCUT2D eigenvalue weighted by molar-refractivity contribution is 5.79. The number of amides is 1. The third-order valence-corrected chi connectivity index (χ3v) is 4.27. The van der Waals surface area contributed by atoms with E-state index in [2.05, 4.69) is 0 Å². The van der Waals surface area contributed by atoms with E-state index in [9.17, 15) is 29.0 Å². The van der Waals surface area contributed by atoms with Crippen molar-refractivity contribution in [2.45, 2.75) is 12.8 Å². The molecule has 1 aliphatic rings. The van der Waals surface area contributed by atoms with Crippen molar-refractivity contribution in [2.24, 2.45) is 11.8 Å². The van der Waals surface area contributed by atoms with E-state index in [-0.39, 0.29) is 24.2 Å². The summed E-state index contributed by atoms with van der Waals surface area (Å²) in [6.07, 6.45) is -1.38. The molecule has 0 aliphatic carbocycles. The number of benzene rings is 1. The van der Waals surface area contributed by atoms with E-state index in [1.807, 2.05) is 0 Å². The van der Waals surface area contributed by atoms with Gasteiger partial charge in [0.05, 0.1) is 11.8 Å². The van der Waals surface area contributed by atoms with Crippen LogP contribution in [0.4, 0.5) is 9.18 Å². The maximum atomic E-state index is 13.8. The second-order valence-electron chi connectivity index (χ2n) is 5.56. The first kappa shape index (κ1) is 16.7. The molecule has 3 N–H and O–H groups in total. The molecule has 1 heterocycles. The molecule has 23 heavy (non-hydrogen) atoms. The first-order chi connectivity index (χ1) is 10.7. The maximum absolute atomic E-state index is 13.8. The van der Waals surface area contributed by atoms with E-state index >= 15 is 0 Å². The van der Waals surface area contributed by atoms with Crippen LogP contribution in [-0.2, 0) is 9.59 Å². The summed E-state index contributed by atoms with van der Waals surface area (Å²) in [5.74, 6) is -6.71. The maximum Gasteiger partial charge on any atom is 0.407 e. The smallest absolute Gasteiger partial charge is 0.407 e. The van der Waals surface area contributed by atoms with Crippen LogP contribution >= 0.6 is 0 Å². The summed E-state index contributed by atoms with van der Waals surface area (Å²) < 4.78 is 13.8. The summed E-state index contributed by atoms with van der Waals surface area (Å²) >= 11 is 0. The summed E-state index contributed by atoms with van der Waals surface area (Å²) in [6, 6.07) is 4.08. The minimum Gasteiger partial charge on any atom is -0.481 e. The SMILES string of the molecule is Cc1c(F)cccc1C1C(C(=O)O)CN(C(=O)O)CC1C(=O)O. The van der Waals surface area contributed by atoms with Gasteiger partial charge in [-0.15, -0.1) is 0 Å². The number of carbonyl (C=O) groups is 3. The molecule has 8 heteroatoms. The van der Waals surface area contributed by atoms with Gasteiger partial charge < -0.3 is 20.2 Å². The zero-order chi connectivity index (χ0) is 17.3. The van der Waals surface area contributed by atoms with Crippen LogP contribution in [0.25, 0.3) is 0 Å². The topological polar surface area (TPSA) is 115 Å². The van der Waals surface area contributed by atoms with Crippen LogP contribution in [0.2, 0.25) is 0 Å². The molecule has 1 amide bonds.